The minimum atomic E-state index is -0.0890. The van der Waals surface area contributed by atoms with Crippen LogP contribution in [0.25, 0.3) is 0 Å². The lowest BCUT2D eigenvalue weighted by molar-refractivity contribution is -0.138. The Bertz CT molecular complexity index is 348. The standard InChI is InChI=1S/C16H27NO2/c1-5-17(15-10-8-9-14(4)13-15)12-11-16(18-6-2)19-7-3/h8-10,13,16H,5-7,11-12H2,1-4H3. The van der Waals surface area contributed by atoms with E-state index in [9.17, 15) is 0 Å². The summed E-state index contributed by atoms with van der Waals surface area (Å²) < 4.78 is 11.2. The number of hydrogen-bond acceptors (Lipinski definition) is 3. The monoisotopic (exact) mass is 265 g/mol. The van der Waals surface area contributed by atoms with Crippen LogP contribution in [0.3, 0.4) is 0 Å². The SMILES string of the molecule is CCOC(CCN(CC)c1cccc(C)c1)OCC. The summed E-state index contributed by atoms with van der Waals surface area (Å²) in [7, 11) is 0. The van der Waals surface area contributed by atoms with Crippen LogP contribution in [0, 0.1) is 6.92 Å². The van der Waals surface area contributed by atoms with Crippen molar-refractivity contribution in [2.75, 3.05) is 31.2 Å². The van der Waals surface area contributed by atoms with E-state index >= 15 is 0 Å². The lowest BCUT2D eigenvalue weighted by atomic mass is 10.2. The normalized spacial score (nSPS) is 11.0. The summed E-state index contributed by atoms with van der Waals surface area (Å²) in [5.74, 6) is 0. The number of hydrogen-bond donors (Lipinski definition) is 0. The van der Waals surface area contributed by atoms with Crippen LogP contribution in [0.4, 0.5) is 5.69 Å². The second-order valence-corrected chi connectivity index (χ2v) is 4.55. The van der Waals surface area contributed by atoms with Gasteiger partial charge in [-0.2, -0.15) is 0 Å². The number of rotatable bonds is 9. The third-order valence-electron chi connectivity index (χ3n) is 3.09. The molecule has 0 fully saturated rings. The molecule has 0 amide bonds. The smallest absolute Gasteiger partial charge is 0.159 e. The van der Waals surface area contributed by atoms with Crippen molar-refractivity contribution in [3.8, 4) is 0 Å². The molecule has 0 unspecified atom stereocenters. The Balaban J connectivity index is 2.56. The number of aryl methyl sites for hydroxylation is 1. The molecule has 3 heteroatoms. The van der Waals surface area contributed by atoms with E-state index in [2.05, 4.69) is 43.0 Å². The fourth-order valence-electron chi connectivity index (χ4n) is 2.14. The van der Waals surface area contributed by atoms with Gasteiger partial charge in [0, 0.05) is 38.4 Å². The third kappa shape index (κ3) is 5.62. The van der Waals surface area contributed by atoms with Gasteiger partial charge in [0.05, 0.1) is 0 Å². The Labute approximate surface area is 117 Å². The minimum Gasteiger partial charge on any atom is -0.372 e. The predicted octanol–water partition coefficient (Wildman–Crippen LogP) is 3.61. The molecule has 1 aromatic rings. The summed E-state index contributed by atoms with van der Waals surface area (Å²) >= 11 is 0. The molecule has 3 nitrogen and oxygen atoms in total. The van der Waals surface area contributed by atoms with Gasteiger partial charge in [-0.1, -0.05) is 12.1 Å². The van der Waals surface area contributed by atoms with Gasteiger partial charge in [-0.25, -0.2) is 0 Å². The molecule has 0 N–H and O–H groups in total. The molecule has 0 saturated heterocycles. The summed E-state index contributed by atoms with van der Waals surface area (Å²) in [6.45, 7) is 11.6. The first-order valence-corrected chi connectivity index (χ1v) is 7.26. The largest absolute Gasteiger partial charge is 0.372 e. The Morgan fingerprint density at radius 1 is 1.11 bits per heavy atom. The molecule has 0 aliphatic heterocycles. The van der Waals surface area contributed by atoms with Gasteiger partial charge in [-0.15, -0.1) is 0 Å². The molecule has 0 heterocycles. The average molecular weight is 265 g/mol. The Kier molecular flexibility index (Phi) is 7.53. The molecule has 0 aromatic heterocycles. The van der Waals surface area contributed by atoms with Crippen molar-refractivity contribution in [2.45, 2.75) is 40.4 Å². The van der Waals surface area contributed by atoms with E-state index in [-0.39, 0.29) is 6.29 Å². The van der Waals surface area contributed by atoms with Gasteiger partial charge in [-0.3, -0.25) is 0 Å². The van der Waals surface area contributed by atoms with Gasteiger partial charge in [0.25, 0.3) is 0 Å². The van der Waals surface area contributed by atoms with Gasteiger partial charge < -0.3 is 14.4 Å². The van der Waals surface area contributed by atoms with Crippen LogP contribution < -0.4 is 4.90 Å². The summed E-state index contributed by atoms with van der Waals surface area (Å²) in [6, 6.07) is 8.61. The molecule has 1 aromatic carbocycles. The molecule has 0 saturated carbocycles. The molecular formula is C16H27NO2. The topological polar surface area (TPSA) is 21.7 Å². The molecule has 0 aliphatic carbocycles. The fourth-order valence-corrected chi connectivity index (χ4v) is 2.14. The van der Waals surface area contributed by atoms with Crippen molar-refractivity contribution in [3.63, 3.8) is 0 Å². The van der Waals surface area contributed by atoms with E-state index in [1.165, 1.54) is 11.3 Å². The number of benzene rings is 1. The van der Waals surface area contributed by atoms with Crippen molar-refractivity contribution < 1.29 is 9.47 Å². The second-order valence-electron chi connectivity index (χ2n) is 4.55. The van der Waals surface area contributed by atoms with Gasteiger partial charge in [0.15, 0.2) is 6.29 Å². The Hall–Kier alpha value is -1.06. The van der Waals surface area contributed by atoms with Crippen LogP contribution in [0.15, 0.2) is 24.3 Å². The lowest BCUT2D eigenvalue weighted by Crippen LogP contribution is -2.29. The molecule has 0 bridgehead atoms. The zero-order valence-corrected chi connectivity index (χ0v) is 12.7. The van der Waals surface area contributed by atoms with Crippen LogP contribution in [0.2, 0.25) is 0 Å². The third-order valence-corrected chi connectivity index (χ3v) is 3.09. The van der Waals surface area contributed by atoms with Crippen LogP contribution in [-0.4, -0.2) is 32.6 Å². The van der Waals surface area contributed by atoms with Crippen molar-refractivity contribution in [1.82, 2.24) is 0 Å². The maximum atomic E-state index is 5.59. The zero-order chi connectivity index (χ0) is 14.1. The lowest BCUT2D eigenvalue weighted by Gasteiger charge is -2.26. The molecule has 0 radical (unpaired) electrons. The van der Waals surface area contributed by atoms with Crippen LogP contribution in [0.5, 0.6) is 0 Å². The van der Waals surface area contributed by atoms with E-state index in [1.807, 2.05) is 13.8 Å². The van der Waals surface area contributed by atoms with Crippen LogP contribution >= 0.6 is 0 Å². The first-order chi connectivity index (χ1) is 9.21. The second kappa shape index (κ2) is 8.94. The molecule has 108 valence electrons. The highest BCUT2D eigenvalue weighted by atomic mass is 16.7. The van der Waals surface area contributed by atoms with E-state index in [0.29, 0.717) is 13.2 Å². The van der Waals surface area contributed by atoms with Gasteiger partial charge in [-0.05, 0) is 45.4 Å². The summed E-state index contributed by atoms with van der Waals surface area (Å²) in [4.78, 5) is 2.36. The van der Waals surface area contributed by atoms with E-state index in [1.54, 1.807) is 0 Å². The van der Waals surface area contributed by atoms with E-state index < -0.39 is 0 Å². The quantitative estimate of drug-likeness (QED) is 0.637. The molecule has 0 aliphatic rings. The molecule has 1 rings (SSSR count). The first-order valence-electron chi connectivity index (χ1n) is 7.26. The molecule has 0 spiro atoms. The van der Waals surface area contributed by atoms with Gasteiger partial charge in [0.1, 0.15) is 0 Å². The Morgan fingerprint density at radius 3 is 2.32 bits per heavy atom. The first kappa shape index (κ1) is 16.0. The highest BCUT2D eigenvalue weighted by Gasteiger charge is 2.11. The summed E-state index contributed by atoms with van der Waals surface area (Å²) in [5, 5.41) is 0. The fraction of sp³-hybridized carbons (Fsp3) is 0.625. The van der Waals surface area contributed by atoms with E-state index in [4.69, 9.17) is 9.47 Å². The molecular weight excluding hydrogens is 238 g/mol. The van der Waals surface area contributed by atoms with Crippen molar-refractivity contribution in [1.29, 1.82) is 0 Å². The van der Waals surface area contributed by atoms with E-state index in [0.717, 1.165) is 19.5 Å². The number of anilines is 1. The highest BCUT2D eigenvalue weighted by Crippen LogP contribution is 2.16. The maximum absolute atomic E-state index is 5.59. The van der Waals surface area contributed by atoms with Crippen molar-refractivity contribution >= 4 is 5.69 Å². The molecule has 19 heavy (non-hydrogen) atoms. The van der Waals surface area contributed by atoms with Crippen molar-refractivity contribution in [3.05, 3.63) is 29.8 Å². The highest BCUT2D eigenvalue weighted by molar-refractivity contribution is 5.48. The van der Waals surface area contributed by atoms with Crippen LogP contribution in [0.1, 0.15) is 32.8 Å². The minimum absolute atomic E-state index is 0.0890. The number of nitrogens with zero attached hydrogens (tertiary/aromatic N) is 1. The maximum Gasteiger partial charge on any atom is 0.159 e. The molecule has 0 atom stereocenters. The van der Waals surface area contributed by atoms with Crippen LogP contribution in [-0.2, 0) is 9.47 Å². The van der Waals surface area contributed by atoms with Gasteiger partial charge in [0.2, 0.25) is 0 Å². The zero-order valence-electron chi connectivity index (χ0n) is 12.7. The Morgan fingerprint density at radius 2 is 1.79 bits per heavy atom. The van der Waals surface area contributed by atoms with Gasteiger partial charge >= 0.3 is 0 Å². The average Bonchev–Trinajstić information content (AvgIpc) is 2.40. The van der Waals surface area contributed by atoms with Crippen molar-refractivity contribution in [2.24, 2.45) is 0 Å². The summed E-state index contributed by atoms with van der Waals surface area (Å²) in [6.07, 6.45) is 0.803. The number of ether oxygens (including phenoxy) is 2. The predicted molar refractivity (Wildman–Crippen MR) is 80.7 cm³/mol. The summed E-state index contributed by atoms with van der Waals surface area (Å²) in [5.41, 5.74) is 2.57.